The van der Waals surface area contributed by atoms with Crippen molar-refractivity contribution in [3.63, 3.8) is 0 Å². The summed E-state index contributed by atoms with van der Waals surface area (Å²) < 4.78 is 48.9. The van der Waals surface area contributed by atoms with Gasteiger partial charge in [0, 0.05) is 14.2 Å². The van der Waals surface area contributed by atoms with Crippen LogP contribution in [0.3, 0.4) is 0 Å². The number of nitrogens with one attached hydrogen (secondary N) is 1. The summed E-state index contributed by atoms with van der Waals surface area (Å²) in [7, 11) is 2.84. The van der Waals surface area contributed by atoms with Crippen LogP contribution in [0.25, 0.3) is 0 Å². The number of alkyl carbamates (subject to hydrolysis) is 1. The van der Waals surface area contributed by atoms with E-state index >= 15 is 0 Å². The number of hydrogen-bond donors (Lipinski definition) is 1. The Morgan fingerprint density at radius 2 is 0.851 bits per heavy atom. The van der Waals surface area contributed by atoms with Crippen molar-refractivity contribution < 1.29 is 66.6 Å². The predicted molar refractivity (Wildman–Crippen MR) is 248 cm³/mol. The number of methoxy groups -OCH3 is 2. The van der Waals surface area contributed by atoms with E-state index in [4.69, 9.17) is 42.6 Å². The van der Waals surface area contributed by atoms with Gasteiger partial charge in [0.2, 0.25) is 0 Å². The molecule has 0 aliphatic heterocycles. The standard InChI is InChI=1S/C28H37NO8.C23H29NO6/c1-27(2,3)36-25(31)29(26(32)37-28(4,5)6)22(21-16-12-9-13-17-21)23(35-19-33-7)24(30)34-18-20-14-10-8-11-15-20;1-23(2,3)30-22(26)24-19(18-13-9-6-10-14-18)20(29-16-27-4)21(25)28-15-17-11-7-5-8-12-17/h8-17,22-23H,18-19H2,1-7H3;5-14,19-20H,15-16H2,1-4H3,(H,24,26)/t22-,23+;19-,20+/m00/s1. The lowest BCUT2D eigenvalue weighted by Gasteiger charge is -2.36. The molecule has 0 bridgehead atoms. The number of amides is 3. The summed E-state index contributed by atoms with van der Waals surface area (Å²) in [6.45, 7) is 14.9. The lowest BCUT2D eigenvalue weighted by atomic mass is 9.99. The van der Waals surface area contributed by atoms with Crippen LogP contribution in [0.15, 0.2) is 121 Å². The molecule has 0 aliphatic rings. The van der Waals surface area contributed by atoms with Crippen molar-refractivity contribution in [3.8, 4) is 0 Å². The molecule has 0 unspecified atom stereocenters. The van der Waals surface area contributed by atoms with E-state index in [0.717, 1.165) is 16.0 Å². The largest absolute Gasteiger partial charge is 0.459 e. The van der Waals surface area contributed by atoms with Crippen molar-refractivity contribution >= 4 is 30.2 Å². The maximum absolute atomic E-state index is 13.4. The van der Waals surface area contributed by atoms with Crippen LogP contribution in [0.5, 0.6) is 0 Å². The van der Waals surface area contributed by atoms with Gasteiger partial charge in [0.15, 0.2) is 12.2 Å². The summed E-state index contributed by atoms with van der Waals surface area (Å²) in [6, 6.07) is 33.9. The fourth-order valence-electron chi connectivity index (χ4n) is 5.95. The highest BCUT2D eigenvalue weighted by Gasteiger charge is 2.45. The Hall–Kier alpha value is -6.33. The molecule has 16 nitrogen and oxygen atoms in total. The molecule has 67 heavy (non-hydrogen) atoms. The minimum absolute atomic E-state index is 0.0348. The number of ether oxygens (including phenoxy) is 9. The zero-order chi connectivity index (χ0) is 49.6. The fraction of sp³-hybridized carbons (Fsp3) is 0.431. The Morgan fingerprint density at radius 1 is 0.493 bits per heavy atom. The van der Waals surface area contributed by atoms with Crippen molar-refractivity contribution in [2.24, 2.45) is 0 Å². The zero-order valence-electron chi connectivity index (χ0n) is 40.3. The minimum atomic E-state index is -1.45. The number of hydrogen-bond acceptors (Lipinski definition) is 14. The van der Waals surface area contributed by atoms with Gasteiger partial charge in [-0.15, -0.1) is 0 Å². The molecule has 4 aromatic rings. The first kappa shape index (κ1) is 55.0. The van der Waals surface area contributed by atoms with Gasteiger partial charge in [-0.25, -0.2) is 28.9 Å². The van der Waals surface area contributed by atoms with Crippen LogP contribution in [0.1, 0.15) is 96.7 Å². The number of esters is 2. The molecule has 0 aliphatic carbocycles. The third-order valence-electron chi connectivity index (χ3n) is 8.66. The molecule has 1 N–H and O–H groups in total. The maximum Gasteiger partial charge on any atom is 0.420 e. The summed E-state index contributed by atoms with van der Waals surface area (Å²) in [5.41, 5.74) is 0.131. The Morgan fingerprint density at radius 3 is 1.24 bits per heavy atom. The summed E-state index contributed by atoms with van der Waals surface area (Å²) in [4.78, 5) is 66.4. The number of carbonyl (C=O) groups excluding carboxylic acids is 5. The highest BCUT2D eigenvalue weighted by Crippen LogP contribution is 2.32. The number of carbonyl (C=O) groups is 5. The molecule has 0 aromatic heterocycles. The second kappa shape index (κ2) is 26.7. The Balaban J connectivity index is 0.000000363. The first-order valence-electron chi connectivity index (χ1n) is 21.6. The smallest absolute Gasteiger partial charge is 0.420 e. The van der Waals surface area contributed by atoms with Crippen LogP contribution in [0.2, 0.25) is 0 Å². The van der Waals surface area contributed by atoms with Crippen molar-refractivity contribution in [2.45, 2.75) is 117 Å². The Bertz CT molecular complexity index is 2070. The lowest BCUT2D eigenvalue weighted by Crippen LogP contribution is -2.51. The second-order valence-electron chi connectivity index (χ2n) is 17.9. The molecule has 0 radical (unpaired) electrons. The monoisotopic (exact) mass is 930 g/mol. The zero-order valence-corrected chi connectivity index (χ0v) is 40.3. The van der Waals surface area contributed by atoms with Crippen molar-refractivity contribution in [2.75, 3.05) is 27.8 Å². The van der Waals surface area contributed by atoms with Gasteiger partial charge in [0.1, 0.15) is 49.6 Å². The quantitative estimate of drug-likeness (QED) is 0.0565. The maximum atomic E-state index is 13.4. The Kier molecular flexibility index (Phi) is 21.9. The third kappa shape index (κ3) is 20.4. The van der Waals surface area contributed by atoms with Crippen LogP contribution < -0.4 is 5.32 Å². The molecule has 4 aromatic carbocycles. The average Bonchev–Trinajstić information content (AvgIpc) is 3.26. The number of rotatable bonds is 18. The Labute approximate surface area is 394 Å². The summed E-state index contributed by atoms with van der Waals surface area (Å²) in [5.74, 6) is -1.42. The molecule has 0 saturated heterocycles. The summed E-state index contributed by atoms with van der Waals surface area (Å²) >= 11 is 0. The molecule has 0 fully saturated rings. The van der Waals surface area contributed by atoms with Crippen LogP contribution in [-0.4, -0.2) is 91.9 Å². The van der Waals surface area contributed by atoms with Crippen LogP contribution in [-0.2, 0) is 65.4 Å². The van der Waals surface area contributed by atoms with Gasteiger partial charge in [0.25, 0.3) is 0 Å². The van der Waals surface area contributed by atoms with E-state index in [1.165, 1.54) is 14.2 Å². The van der Waals surface area contributed by atoms with E-state index in [2.05, 4.69) is 5.32 Å². The SMILES string of the molecule is COCO[C@@H](C(=O)OCc1ccccc1)[C@@H](NC(=O)OC(C)(C)C)c1ccccc1.COCO[C@@H](C(=O)OCc1ccccc1)[C@H](c1ccccc1)N(C(=O)OC(C)(C)C)C(=O)OC(C)(C)C. The molecule has 3 amide bonds. The minimum Gasteiger partial charge on any atom is -0.459 e. The molecular weight excluding hydrogens is 865 g/mol. The summed E-state index contributed by atoms with van der Waals surface area (Å²) in [6.07, 6.45) is -5.26. The average molecular weight is 931 g/mol. The molecule has 0 spiro atoms. The van der Waals surface area contributed by atoms with Gasteiger partial charge in [0.05, 0.1) is 6.04 Å². The molecule has 16 heteroatoms. The summed E-state index contributed by atoms with van der Waals surface area (Å²) in [5, 5.41) is 2.74. The van der Waals surface area contributed by atoms with Gasteiger partial charge in [-0.2, -0.15) is 0 Å². The van der Waals surface area contributed by atoms with Crippen molar-refractivity contribution in [1.29, 1.82) is 0 Å². The normalized spacial score (nSPS) is 13.2. The van der Waals surface area contributed by atoms with E-state index in [-0.39, 0.29) is 26.8 Å². The van der Waals surface area contributed by atoms with Crippen molar-refractivity contribution in [1.82, 2.24) is 10.2 Å². The molecule has 364 valence electrons. The van der Waals surface area contributed by atoms with Gasteiger partial charge in [-0.05, 0) is 84.6 Å². The van der Waals surface area contributed by atoms with Gasteiger partial charge in [-0.1, -0.05) is 121 Å². The van der Waals surface area contributed by atoms with Gasteiger partial charge < -0.3 is 47.9 Å². The fourth-order valence-corrected chi connectivity index (χ4v) is 5.95. The number of imide groups is 1. The second-order valence-corrected chi connectivity index (χ2v) is 17.9. The van der Waals surface area contributed by atoms with Crippen LogP contribution >= 0.6 is 0 Å². The molecule has 4 rings (SSSR count). The van der Waals surface area contributed by atoms with Gasteiger partial charge >= 0.3 is 30.2 Å². The van der Waals surface area contributed by atoms with Crippen LogP contribution in [0.4, 0.5) is 14.4 Å². The first-order valence-corrected chi connectivity index (χ1v) is 21.6. The van der Waals surface area contributed by atoms with E-state index < -0.39 is 71.3 Å². The van der Waals surface area contributed by atoms with E-state index in [9.17, 15) is 24.0 Å². The number of benzene rings is 4. The van der Waals surface area contributed by atoms with Crippen LogP contribution in [0, 0.1) is 0 Å². The topological polar surface area (TPSA) is 184 Å². The highest BCUT2D eigenvalue weighted by atomic mass is 16.7. The molecule has 4 atom stereocenters. The molecular formula is C51H66N2O14. The van der Waals surface area contributed by atoms with E-state index in [0.29, 0.717) is 11.1 Å². The van der Waals surface area contributed by atoms with E-state index in [1.807, 2.05) is 66.7 Å². The lowest BCUT2D eigenvalue weighted by molar-refractivity contribution is -0.173. The first-order chi connectivity index (χ1) is 31.6. The van der Waals surface area contributed by atoms with Crippen molar-refractivity contribution in [3.05, 3.63) is 144 Å². The molecule has 0 heterocycles. The highest BCUT2D eigenvalue weighted by molar-refractivity contribution is 5.90. The molecule has 0 saturated carbocycles. The third-order valence-corrected chi connectivity index (χ3v) is 8.66. The van der Waals surface area contributed by atoms with E-state index in [1.54, 1.807) is 117 Å². The van der Waals surface area contributed by atoms with Gasteiger partial charge in [-0.3, -0.25) is 0 Å². The number of nitrogens with zero attached hydrogens (tertiary/aromatic N) is 1. The predicted octanol–water partition coefficient (Wildman–Crippen LogP) is 9.62.